The molecule has 2 rings (SSSR count). The van der Waals surface area contributed by atoms with Gasteiger partial charge in [-0.25, -0.2) is 0 Å². The maximum absolute atomic E-state index is 12.1. The number of nitrogens with one attached hydrogen (secondary N) is 1. The Kier molecular flexibility index (Phi) is 3.61. The number of carbonyl (C=O) groups is 2. The molecule has 1 saturated carbocycles. The maximum Gasteiger partial charge on any atom is 0.224 e. The highest BCUT2D eigenvalue weighted by atomic mass is 16.6. The molecule has 0 radical (unpaired) electrons. The van der Waals surface area contributed by atoms with Crippen molar-refractivity contribution >= 4 is 11.8 Å². The van der Waals surface area contributed by atoms with Crippen LogP contribution < -0.4 is 11.1 Å². The van der Waals surface area contributed by atoms with Gasteiger partial charge < -0.3 is 15.8 Å². The minimum atomic E-state index is -0.349. The molecule has 1 aliphatic heterocycles. The van der Waals surface area contributed by atoms with Gasteiger partial charge in [-0.2, -0.15) is 0 Å². The Balaban J connectivity index is 1.85. The highest BCUT2D eigenvalue weighted by Crippen LogP contribution is 2.35. The fourth-order valence-corrected chi connectivity index (χ4v) is 2.73. The summed E-state index contributed by atoms with van der Waals surface area (Å²) in [6, 6.07) is 0. The summed E-state index contributed by atoms with van der Waals surface area (Å²) in [5.74, 6) is -0.951. The summed E-state index contributed by atoms with van der Waals surface area (Å²) in [5, 5.41) is 2.88. The Morgan fingerprint density at radius 3 is 2.33 bits per heavy atom. The summed E-state index contributed by atoms with van der Waals surface area (Å²) in [4.78, 5) is 23.4. The molecule has 2 fully saturated rings. The second-order valence-electron chi connectivity index (χ2n) is 5.85. The second-order valence-corrected chi connectivity index (χ2v) is 5.85. The summed E-state index contributed by atoms with van der Waals surface area (Å²) in [7, 11) is 0. The molecule has 2 aliphatic rings. The predicted molar refractivity (Wildman–Crippen MR) is 66.6 cm³/mol. The standard InChI is InChI=1S/C13H22N2O3/c1-13(2)10(18-13)7-15-12(17)9-6-4-3-5-8(9)11(14)16/h8-10H,3-7H2,1-2H3,(H2,14,16)(H,15,17). The average Bonchev–Trinajstić information content (AvgIpc) is 2.94. The molecule has 0 bridgehead atoms. The van der Waals surface area contributed by atoms with Gasteiger partial charge >= 0.3 is 0 Å². The second kappa shape index (κ2) is 4.88. The van der Waals surface area contributed by atoms with Gasteiger partial charge in [-0.05, 0) is 26.7 Å². The van der Waals surface area contributed by atoms with Crippen molar-refractivity contribution in [3.05, 3.63) is 0 Å². The quantitative estimate of drug-likeness (QED) is 0.719. The monoisotopic (exact) mass is 254 g/mol. The van der Waals surface area contributed by atoms with Gasteiger partial charge in [-0.15, -0.1) is 0 Å². The van der Waals surface area contributed by atoms with Crippen molar-refractivity contribution in [2.24, 2.45) is 17.6 Å². The molecule has 2 amide bonds. The molecule has 0 aromatic heterocycles. The van der Waals surface area contributed by atoms with E-state index in [9.17, 15) is 9.59 Å². The molecule has 5 heteroatoms. The smallest absolute Gasteiger partial charge is 0.224 e. The summed E-state index contributed by atoms with van der Waals surface area (Å²) in [6.07, 6.45) is 3.56. The van der Waals surface area contributed by atoms with Gasteiger partial charge in [0.25, 0.3) is 0 Å². The lowest BCUT2D eigenvalue weighted by Gasteiger charge is -2.28. The molecule has 0 aromatic carbocycles. The number of carbonyl (C=O) groups excluding carboxylic acids is 2. The third-order valence-electron chi connectivity index (χ3n) is 4.09. The Bertz CT molecular complexity index is 354. The zero-order valence-electron chi connectivity index (χ0n) is 11.1. The van der Waals surface area contributed by atoms with Crippen LogP contribution in [0.4, 0.5) is 0 Å². The lowest BCUT2D eigenvalue weighted by Crippen LogP contribution is -2.43. The van der Waals surface area contributed by atoms with Crippen LogP contribution in [-0.2, 0) is 14.3 Å². The molecule has 3 N–H and O–H groups in total. The summed E-state index contributed by atoms with van der Waals surface area (Å²) >= 11 is 0. The van der Waals surface area contributed by atoms with Crippen LogP contribution in [0.3, 0.4) is 0 Å². The first-order valence-corrected chi connectivity index (χ1v) is 6.66. The Morgan fingerprint density at radius 2 is 1.83 bits per heavy atom. The van der Waals surface area contributed by atoms with Crippen LogP contribution in [0, 0.1) is 11.8 Å². The van der Waals surface area contributed by atoms with Gasteiger partial charge in [0.1, 0.15) is 6.10 Å². The van der Waals surface area contributed by atoms with E-state index in [1.165, 1.54) is 0 Å². The van der Waals surface area contributed by atoms with Crippen LogP contribution in [0.25, 0.3) is 0 Å². The first kappa shape index (κ1) is 13.3. The minimum absolute atomic E-state index is 0.0511. The van der Waals surface area contributed by atoms with Crippen LogP contribution in [0.2, 0.25) is 0 Å². The zero-order valence-corrected chi connectivity index (χ0v) is 11.1. The molecule has 5 nitrogen and oxygen atoms in total. The zero-order chi connectivity index (χ0) is 13.3. The van der Waals surface area contributed by atoms with Crippen LogP contribution in [-0.4, -0.2) is 30.1 Å². The fourth-order valence-electron chi connectivity index (χ4n) is 2.73. The summed E-state index contributed by atoms with van der Waals surface area (Å²) < 4.78 is 5.41. The van der Waals surface area contributed by atoms with Crippen molar-refractivity contribution in [3.8, 4) is 0 Å². The molecular weight excluding hydrogens is 232 g/mol. The van der Waals surface area contributed by atoms with E-state index in [1.807, 2.05) is 13.8 Å². The van der Waals surface area contributed by atoms with Crippen molar-refractivity contribution in [1.82, 2.24) is 5.32 Å². The number of epoxide rings is 1. The van der Waals surface area contributed by atoms with Crippen molar-refractivity contribution in [3.63, 3.8) is 0 Å². The highest BCUT2D eigenvalue weighted by molar-refractivity contribution is 5.87. The van der Waals surface area contributed by atoms with Crippen molar-refractivity contribution in [2.75, 3.05) is 6.54 Å². The van der Waals surface area contributed by atoms with Crippen LogP contribution in [0.5, 0.6) is 0 Å². The van der Waals surface area contributed by atoms with Crippen molar-refractivity contribution in [2.45, 2.75) is 51.2 Å². The third kappa shape index (κ3) is 2.83. The molecule has 0 aromatic rings. The maximum atomic E-state index is 12.1. The van der Waals surface area contributed by atoms with E-state index in [0.29, 0.717) is 6.54 Å². The number of amides is 2. The van der Waals surface area contributed by atoms with E-state index >= 15 is 0 Å². The topological polar surface area (TPSA) is 84.7 Å². The number of rotatable bonds is 4. The SMILES string of the molecule is CC1(C)OC1CNC(=O)C1CCCCC1C(N)=O. The van der Waals surface area contributed by atoms with Gasteiger partial charge in [0.2, 0.25) is 11.8 Å². The van der Waals surface area contributed by atoms with E-state index < -0.39 is 0 Å². The van der Waals surface area contributed by atoms with Gasteiger partial charge in [0, 0.05) is 18.4 Å². The average molecular weight is 254 g/mol. The number of hydrogen-bond donors (Lipinski definition) is 2. The number of ether oxygens (including phenoxy) is 1. The van der Waals surface area contributed by atoms with E-state index in [1.54, 1.807) is 0 Å². The molecule has 1 heterocycles. The van der Waals surface area contributed by atoms with E-state index in [4.69, 9.17) is 10.5 Å². The third-order valence-corrected chi connectivity index (χ3v) is 4.09. The largest absolute Gasteiger partial charge is 0.369 e. The highest BCUT2D eigenvalue weighted by Gasteiger charge is 2.48. The van der Waals surface area contributed by atoms with Gasteiger partial charge in [0.15, 0.2) is 0 Å². The summed E-state index contributed by atoms with van der Waals surface area (Å²) in [5.41, 5.74) is 5.24. The van der Waals surface area contributed by atoms with E-state index in [-0.39, 0.29) is 35.4 Å². The van der Waals surface area contributed by atoms with Gasteiger partial charge in [-0.3, -0.25) is 9.59 Å². The number of nitrogens with two attached hydrogens (primary N) is 1. The lowest BCUT2D eigenvalue weighted by molar-refractivity contribution is -0.134. The minimum Gasteiger partial charge on any atom is -0.369 e. The molecule has 18 heavy (non-hydrogen) atoms. The first-order chi connectivity index (χ1) is 8.42. The van der Waals surface area contributed by atoms with E-state index in [0.717, 1.165) is 25.7 Å². The predicted octanol–water partition coefficient (Wildman–Crippen LogP) is 0.572. The van der Waals surface area contributed by atoms with Crippen LogP contribution >= 0.6 is 0 Å². The van der Waals surface area contributed by atoms with Crippen molar-refractivity contribution < 1.29 is 14.3 Å². The lowest BCUT2D eigenvalue weighted by atomic mass is 9.78. The Hall–Kier alpha value is -1.10. The Labute approximate surface area is 107 Å². The Morgan fingerprint density at radius 1 is 1.28 bits per heavy atom. The molecule has 0 spiro atoms. The molecule has 1 saturated heterocycles. The van der Waals surface area contributed by atoms with E-state index in [2.05, 4.69) is 5.32 Å². The molecular formula is C13H22N2O3. The van der Waals surface area contributed by atoms with Gasteiger partial charge in [-0.1, -0.05) is 12.8 Å². The first-order valence-electron chi connectivity index (χ1n) is 6.66. The fraction of sp³-hybridized carbons (Fsp3) is 0.846. The number of hydrogen-bond acceptors (Lipinski definition) is 3. The molecule has 1 aliphatic carbocycles. The van der Waals surface area contributed by atoms with Crippen molar-refractivity contribution in [1.29, 1.82) is 0 Å². The normalized spacial score (nSPS) is 33.8. The number of primary amides is 1. The molecule has 3 unspecified atom stereocenters. The van der Waals surface area contributed by atoms with Gasteiger partial charge in [0.05, 0.1) is 5.60 Å². The van der Waals surface area contributed by atoms with Crippen LogP contribution in [0.1, 0.15) is 39.5 Å². The summed E-state index contributed by atoms with van der Waals surface area (Å²) in [6.45, 7) is 4.51. The molecule has 3 atom stereocenters. The molecule has 102 valence electrons. The van der Waals surface area contributed by atoms with Crippen LogP contribution in [0.15, 0.2) is 0 Å².